The van der Waals surface area contributed by atoms with Crippen LogP contribution in [0.4, 0.5) is 18.9 Å². The van der Waals surface area contributed by atoms with Gasteiger partial charge in [0.05, 0.1) is 22.2 Å². The lowest BCUT2D eigenvalue weighted by molar-refractivity contribution is -0.604. The summed E-state index contributed by atoms with van der Waals surface area (Å²) in [6.45, 7) is 0. The SMILES string of the molecule is O=S(=O)(c1ccc(C(F)(F)F)cc1)N1c2c[n+]([O-])ccc2-c2n[nH]cc2C1C1CC1. The summed E-state index contributed by atoms with van der Waals surface area (Å²) in [6, 6.07) is 4.26. The Morgan fingerprint density at radius 3 is 2.50 bits per heavy atom. The highest BCUT2D eigenvalue weighted by Crippen LogP contribution is 2.54. The van der Waals surface area contributed by atoms with E-state index < -0.39 is 27.8 Å². The first-order valence-electron chi connectivity index (χ1n) is 9.16. The second-order valence-electron chi connectivity index (χ2n) is 7.40. The van der Waals surface area contributed by atoms with Gasteiger partial charge in [-0.05, 0) is 43.0 Å². The number of nitrogens with one attached hydrogen (secondary N) is 1. The highest BCUT2D eigenvalue weighted by molar-refractivity contribution is 7.92. The van der Waals surface area contributed by atoms with Crippen LogP contribution in [0.2, 0.25) is 0 Å². The Bertz CT molecular complexity index is 1230. The van der Waals surface area contributed by atoms with E-state index in [0.717, 1.165) is 47.6 Å². The molecule has 1 aromatic carbocycles. The van der Waals surface area contributed by atoms with Gasteiger partial charge < -0.3 is 5.21 Å². The van der Waals surface area contributed by atoms with E-state index in [1.54, 1.807) is 6.20 Å². The number of nitrogens with zero attached hydrogens (tertiary/aromatic N) is 3. The summed E-state index contributed by atoms with van der Waals surface area (Å²) >= 11 is 0. The minimum atomic E-state index is -4.57. The second-order valence-corrected chi connectivity index (χ2v) is 9.21. The van der Waals surface area contributed by atoms with E-state index in [1.807, 2.05) is 0 Å². The van der Waals surface area contributed by atoms with Crippen LogP contribution >= 0.6 is 0 Å². The van der Waals surface area contributed by atoms with Crippen LogP contribution in [0.5, 0.6) is 0 Å². The van der Waals surface area contributed by atoms with Crippen LogP contribution in [0.3, 0.4) is 0 Å². The number of hydrogen-bond donors (Lipinski definition) is 1. The van der Waals surface area contributed by atoms with Crippen LogP contribution in [-0.4, -0.2) is 18.6 Å². The average molecular weight is 436 g/mol. The highest BCUT2D eigenvalue weighted by atomic mass is 32.2. The molecular weight excluding hydrogens is 421 g/mol. The van der Waals surface area contributed by atoms with Crippen molar-refractivity contribution >= 4 is 15.7 Å². The molecule has 1 saturated carbocycles. The Morgan fingerprint density at radius 1 is 1.17 bits per heavy atom. The summed E-state index contributed by atoms with van der Waals surface area (Å²) < 4.78 is 67.6. The molecule has 1 unspecified atom stereocenters. The first kappa shape index (κ1) is 18.9. The number of pyridine rings is 1. The average Bonchev–Trinajstić information content (AvgIpc) is 3.41. The van der Waals surface area contributed by atoms with Gasteiger partial charge in [0, 0.05) is 23.4 Å². The molecule has 5 rings (SSSR count). The van der Waals surface area contributed by atoms with Crippen molar-refractivity contribution in [1.29, 1.82) is 0 Å². The number of rotatable bonds is 3. The first-order chi connectivity index (χ1) is 14.2. The molecule has 30 heavy (non-hydrogen) atoms. The lowest BCUT2D eigenvalue weighted by Gasteiger charge is -2.36. The lowest BCUT2D eigenvalue weighted by atomic mass is 9.94. The van der Waals surface area contributed by atoms with E-state index in [-0.39, 0.29) is 16.5 Å². The molecule has 0 bridgehead atoms. The predicted octanol–water partition coefficient (Wildman–Crippen LogP) is 3.39. The third kappa shape index (κ3) is 2.83. The molecule has 0 radical (unpaired) electrons. The van der Waals surface area contributed by atoms with Crippen LogP contribution in [-0.2, 0) is 16.2 Å². The summed E-state index contributed by atoms with van der Waals surface area (Å²) in [5.41, 5.74) is 0.939. The number of alkyl halides is 3. The second kappa shape index (κ2) is 6.21. The highest BCUT2D eigenvalue weighted by Gasteiger charge is 2.48. The monoisotopic (exact) mass is 436 g/mol. The van der Waals surface area contributed by atoms with Gasteiger partial charge in [0.2, 0.25) is 6.20 Å². The van der Waals surface area contributed by atoms with Crippen molar-refractivity contribution in [3.05, 3.63) is 65.3 Å². The topological polar surface area (TPSA) is 93.0 Å². The number of aromatic amines is 1. The fourth-order valence-electron chi connectivity index (χ4n) is 3.92. The molecule has 1 fully saturated rings. The number of fused-ring (bicyclic) bond motifs is 3. The Balaban J connectivity index is 1.69. The maximum absolute atomic E-state index is 13.6. The summed E-state index contributed by atoms with van der Waals surface area (Å²) in [5, 5.41) is 19.0. The van der Waals surface area contributed by atoms with Gasteiger partial charge in [0.1, 0.15) is 5.69 Å². The fourth-order valence-corrected chi connectivity index (χ4v) is 5.62. The first-order valence-corrected chi connectivity index (χ1v) is 10.6. The molecule has 1 aliphatic carbocycles. The van der Waals surface area contributed by atoms with E-state index in [9.17, 15) is 26.8 Å². The molecule has 0 saturated heterocycles. The molecule has 1 N–H and O–H groups in total. The normalized spacial score (nSPS) is 18.8. The zero-order valence-electron chi connectivity index (χ0n) is 15.3. The van der Waals surface area contributed by atoms with Gasteiger partial charge in [-0.25, -0.2) is 8.42 Å². The quantitative estimate of drug-likeness (QED) is 0.503. The zero-order chi connectivity index (χ0) is 21.3. The predicted molar refractivity (Wildman–Crippen MR) is 99.6 cm³/mol. The Kier molecular flexibility index (Phi) is 3.91. The van der Waals surface area contributed by atoms with Crippen molar-refractivity contribution in [2.24, 2.45) is 5.92 Å². The molecular formula is C19H15F3N4O3S. The molecule has 7 nitrogen and oxygen atoms in total. The molecule has 0 spiro atoms. The molecule has 0 amide bonds. The standard InChI is InChI=1S/C19H15F3N4O3S/c20-19(21,22)12-3-5-13(6-4-12)30(28,29)26-16-10-25(27)8-7-14(16)17-15(9-23-24-17)18(26)11-1-2-11/h3-11,18H,1-2H2,(H,23,24). The minimum absolute atomic E-state index is 0.0269. The summed E-state index contributed by atoms with van der Waals surface area (Å²) in [4.78, 5) is -0.277. The third-order valence-corrected chi connectivity index (χ3v) is 7.26. The Labute approximate surface area is 169 Å². The van der Waals surface area contributed by atoms with Crippen LogP contribution in [0, 0.1) is 11.1 Å². The summed E-state index contributed by atoms with van der Waals surface area (Å²) in [6.07, 6.45) is 1.06. The number of benzene rings is 1. The van der Waals surface area contributed by atoms with E-state index in [0.29, 0.717) is 21.6 Å². The smallest absolute Gasteiger partial charge is 0.416 e. The number of hydrogen-bond acceptors (Lipinski definition) is 4. The molecule has 3 heterocycles. The number of sulfonamides is 1. The van der Waals surface area contributed by atoms with Crippen LogP contribution in [0.1, 0.15) is 30.0 Å². The maximum Gasteiger partial charge on any atom is 0.416 e. The number of halogens is 3. The molecule has 156 valence electrons. The van der Waals surface area contributed by atoms with Crippen molar-refractivity contribution in [1.82, 2.24) is 10.2 Å². The van der Waals surface area contributed by atoms with Gasteiger partial charge in [-0.3, -0.25) is 9.40 Å². The van der Waals surface area contributed by atoms with E-state index in [4.69, 9.17) is 0 Å². The minimum Gasteiger partial charge on any atom is -0.619 e. The van der Waals surface area contributed by atoms with Crippen molar-refractivity contribution in [3.63, 3.8) is 0 Å². The number of aromatic nitrogens is 3. The van der Waals surface area contributed by atoms with Gasteiger partial charge in [-0.2, -0.15) is 23.0 Å². The van der Waals surface area contributed by atoms with Crippen molar-refractivity contribution in [3.8, 4) is 11.3 Å². The van der Waals surface area contributed by atoms with Crippen LogP contribution in [0.25, 0.3) is 11.3 Å². The lowest BCUT2D eigenvalue weighted by Crippen LogP contribution is -2.40. The van der Waals surface area contributed by atoms with Gasteiger partial charge in [0.15, 0.2) is 6.20 Å². The fraction of sp³-hybridized carbons (Fsp3) is 0.263. The van der Waals surface area contributed by atoms with Gasteiger partial charge in [-0.1, -0.05) is 0 Å². The summed E-state index contributed by atoms with van der Waals surface area (Å²) in [5.74, 6) is 0.0269. The third-order valence-electron chi connectivity index (χ3n) is 5.45. The van der Waals surface area contributed by atoms with Crippen LogP contribution < -0.4 is 9.04 Å². The molecule has 2 aromatic heterocycles. The van der Waals surface area contributed by atoms with Gasteiger partial charge in [-0.15, -0.1) is 0 Å². The molecule has 2 aliphatic rings. The van der Waals surface area contributed by atoms with Crippen molar-refractivity contribution < 1.29 is 26.3 Å². The zero-order valence-corrected chi connectivity index (χ0v) is 16.1. The Hall–Kier alpha value is -3.08. The maximum atomic E-state index is 13.6. The molecule has 1 aliphatic heterocycles. The van der Waals surface area contributed by atoms with Crippen molar-refractivity contribution in [2.75, 3.05) is 4.31 Å². The van der Waals surface area contributed by atoms with Gasteiger partial charge in [0.25, 0.3) is 10.0 Å². The molecule has 1 atom stereocenters. The van der Waals surface area contributed by atoms with E-state index in [1.165, 1.54) is 12.3 Å². The number of H-pyrrole nitrogens is 1. The molecule has 11 heteroatoms. The summed E-state index contributed by atoms with van der Waals surface area (Å²) in [7, 11) is -4.26. The largest absolute Gasteiger partial charge is 0.619 e. The Morgan fingerprint density at radius 2 is 1.87 bits per heavy atom. The van der Waals surface area contributed by atoms with Crippen LogP contribution in [0.15, 0.2) is 53.8 Å². The van der Waals surface area contributed by atoms with E-state index >= 15 is 0 Å². The number of anilines is 1. The van der Waals surface area contributed by atoms with Crippen molar-refractivity contribution in [2.45, 2.75) is 30.0 Å². The van der Waals surface area contributed by atoms with E-state index in [2.05, 4.69) is 10.2 Å². The molecule has 3 aromatic rings. The van der Waals surface area contributed by atoms with Gasteiger partial charge >= 0.3 is 6.18 Å².